The number of aliphatic hydroxyl groups is 1. The Labute approximate surface area is 105 Å². The van der Waals surface area contributed by atoms with Crippen LogP contribution >= 0.6 is 11.6 Å². The minimum Gasteiger partial charge on any atom is -0.390 e. The first kappa shape index (κ1) is 13.7. The third-order valence-electron chi connectivity index (χ3n) is 2.53. The van der Waals surface area contributed by atoms with Crippen molar-refractivity contribution in [3.63, 3.8) is 0 Å². The Morgan fingerprint density at radius 3 is 2.71 bits per heavy atom. The highest BCUT2D eigenvalue weighted by Crippen LogP contribution is 2.28. The van der Waals surface area contributed by atoms with E-state index < -0.39 is 11.0 Å². The molecule has 2 N–H and O–H groups in total. The predicted molar refractivity (Wildman–Crippen MR) is 67.8 cm³/mol. The molecular weight excluding hydrogens is 244 g/mol. The van der Waals surface area contributed by atoms with Crippen LogP contribution in [0.15, 0.2) is 12.1 Å². The molecule has 0 saturated carbocycles. The zero-order chi connectivity index (χ0) is 13.0. The van der Waals surface area contributed by atoms with Crippen LogP contribution < -0.4 is 5.32 Å². The molecule has 6 heteroatoms. The van der Waals surface area contributed by atoms with Crippen molar-refractivity contribution in [3.8, 4) is 0 Å². The van der Waals surface area contributed by atoms with Crippen LogP contribution in [0, 0.1) is 24.0 Å². The van der Waals surface area contributed by atoms with Gasteiger partial charge in [0.1, 0.15) is 0 Å². The van der Waals surface area contributed by atoms with Gasteiger partial charge in [0, 0.05) is 18.3 Å². The van der Waals surface area contributed by atoms with Crippen LogP contribution in [0.1, 0.15) is 11.1 Å². The smallest absolute Gasteiger partial charge is 0.274 e. The molecule has 0 heterocycles. The summed E-state index contributed by atoms with van der Waals surface area (Å²) in [6, 6.07) is 3.16. The minimum atomic E-state index is -0.672. The summed E-state index contributed by atoms with van der Waals surface area (Å²) in [6.45, 7) is 3.80. The van der Waals surface area contributed by atoms with E-state index >= 15 is 0 Å². The molecule has 0 aromatic heterocycles. The number of aliphatic hydroxyl groups excluding tert-OH is 1. The number of hydrogen-bond donors (Lipinski definition) is 2. The Hall–Kier alpha value is -1.33. The largest absolute Gasteiger partial charge is 0.390 e. The Morgan fingerprint density at radius 1 is 1.53 bits per heavy atom. The number of nitro groups is 1. The first-order valence-electron chi connectivity index (χ1n) is 5.19. The Balaban J connectivity index is 2.97. The summed E-state index contributed by atoms with van der Waals surface area (Å²) in [6.07, 6.45) is -0.672. The van der Waals surface area contributed by atoms with Crippen LogP contribution in [-0.2, 0) is 0 Å². The maximum Gasteiger partial charge on any atom is 0.274 e. The number of nitro benzene ring substituents is 1. The molecule has 0 bridgehead atoms. The van der Waals surface area contributed by atoms with Gasteiger partial charge in [0.2, 0.25) is 0 Å². The van der Waals surface area contributed by atoms with Crippen LogP contribution in [0.2, 0.25) is 0 Å². The molecule has 1 rings (SSSR count). The van der Waals surface area contributed by atoms with Crippen molar-refractivity contribution in [1.29, 1.82) is 0 Å². The van der Waals surface area contributed by atoms with Gasteiger partial charge in [-0.05, 0) is 19.4 Å². The normalized spacial score (nSPS) is 12.2. The van der Waals surface area contributed by atoms with E-state index in [4.69, 9.17) is 11.6 Å². The first-order valence-corrected chi connectivity index (χ1v) is 5.73. The van der Waals surface area contributed by atoms with Gasteiger partial charge in [0.15, 0.2) is 0 Å². The molecule has 0 radical (unpaired) electrons. The molecular formula is C11H15ClN2O3. The Bertz CT molecular complexity index is 423. The third-order valence-corrected chi connectivity index (χ3v) is 2.89. The summed E-state index contributed by atoms with van der Waals surface area (Å²) in [4.78, 5) is 10.4. The number of nitrogens with zero attached hydrogens (tertiary/aromatic N) is 1. The van der Waals surface area contributed by atoms with E-state index in [1.807, 2.05) is 6.92 Å². The van der Waals surface area contributed by atoms with E-state index in [1.165, 1.54) is 6.07 Å². The maximum atomic E-state index is 10.8. The molecule has 0 fully saturated rings. The highest BCUT2D eigenvalue weighted by atomic mass is 35.5. The monoisotopic (exact) mass is 258 g/mol. The molecule has 0 spiro atoms. The van der Waals surface area contributed by atoms with Crippen molar-refractivity contribution in [2.24, 2.45) is 0 Å². The van der Waals surface area contributed by atoms with Gasteiger partial charge in [-0.1, -0.05) is 6.07 Å². The second kappa shape index (κ2) is 5.84. The molecule has 0 aliphatic rings. The summed E-state index contributed by atoms with van der Waals surface area (Å²) in [5.41, 5.74) is 2.22. The predicted octanol–water partition coefficient (Wildman–Crippen LogP) is 2.22. The molecule has 0 saturated heterocycles. The number of alkyl halides is 1. The second-order valence-corrected chi connectivity index (χ2v) is 4.16. The van der Waals surface area contributed by atoms with Gasteiger partial charge in [0.25, 0.3) is 5.69 Å². The zero-order valence-corrected chi connectivity index (χ0v) is 10.5. The van der Waals surface area contributed by atoms with Crippen molar-refractivity contribution < 1.29 is 10.0 Å². The van der Waals surface area contributed by atoms with Gasteiger partial charge in [-0.15, -0.1) is 11.6 Å². The van der Waals surface area contributed by atoms with E-state index in [0.29, 0.717) is 11.3 Å². The first-order chi connectivity index (χ1) is 7.97. The van der Waals surface area contributed by atoms with Crippen molar-refractivity contribution >= 4 is 23.0 Å². The van der Waals surface area contributed by atoms with Crippen molar-refractivity contribution in [2.45, 2.75) is 20.0 Å². The fourth-order valence-corrected chi connectivity index (χ4v) is 1.69. The molecule has 1 unspecified atom stereocenters. The standard InChI is InChI=1S/C11H15ClN2O3/c1-7-3-4-10(14(16)17)8(2)11(7)13-6-9(15)5-12/h3-4,9,13,15H,5-6H2,1-2H3. The molecule has 0 aliphatic heterocycles. The van der Waals surface area contributed by atoms with Crippen LogP contribution in [0.25, 0.3) is 0 Å². The Morgan fingerprint density at radius 2 is 2.18 bits per heavy atom. The topological polar surface area (TPSA) is 75.4 Å². The molecule has 1 aromatic rings. The number of benzene rings is 1. The van der Waals surface area contributed by atoms with Gasteiger partial charge >= 0.3 is 0 Å². The van der Waals surface area contributed by atoms with Gasteiger partial charge < -0.3 is 10.4 Å². The summed E-state index contributed by atoms with van der Waals surface area (Å²) >= 11 is 5.48. The zero-order valence-electron chi connectivity index (χ0n) is 9.74. The van der Waals surface area contributed by atoms with Gasteiger partial charge in [0.05, 0.1) is 22.5 Å². The summed E-state index contributed by atoms with van der Waals surface area (Å²) < 4.78 is 0. The molecule has 5 nitrogen and oxygen atoms in total. The molecule has 17 heavy (non-hydrogen) atoms. The van der Waals surface area contributed by atoms with E-state index in [2.05, 4.69) is 5.32 Å². The number of halogens is 1. The average Bonchev–Trinajstić information content (AvgIpc) is 2.27. The average molecular weight is 259 g/mol. The minimum absolute atomic E-state index is 0.0680. The molecule has 0 aliphatic carbocycles. The SMILES string of the molecule is Cc1ccc([N+](=O)[O-])c(C)c1NCC(O)CCl. The molecule has 1 aromatic carbocycles. The van der Waals surface area contributed by atoms with Crippen molar-refractivity contribution in [2.75, 3.05) is 17.7 Å². The number of nitrogens with one attached hydrogen (secondary N) is 1. The van der Waals surface area contributed by atoms with Crippen molar-refractivity contribution in [3.05, 3.63) is 33.4 Å². The number of aryl methyl sites for hydroxylation is 1. The quantitative estimate of drug-likeness (QED) is 0.482. The van der Waals surface area contributed by atoms with E-state index in [-0.39, 0.29) is 18.1 Å². The van der Waals surface area contributed by atoms with E-state index in [9.17, 15) is 15.2 Å². The summed E-state index contributed by atoms with van der Waals surface area (Å²) in [7, 11) is 0. The highest BCUT2D eigenvalue weighted by molar-refractivity contribution is 6.18. The fourth-order valence-electron chi connectivity index (χ4n) is 1.58. The van der Waals surface area contributed by atoms with Gasteiger partial charge in [-0.2, -0.15) is 0 Å². The molecule has 0 amide bonds. The van der Waals surface area contributed by atoms with Crippen LogP contribution in [-0.4, -0.2) is 28.6 Å². The lowest BCUT2D eigenvalue weighted by molar-refractivity contribution is -0.385. The number of rotatable bonds is 5. The molecule has 1 atom stereocenters. The third kappa shape index (κ3) is 3.31. The Kier molecular flexibility index (Phi) is 4.72. The summed E-state index contributed by atoms with van der Waals surface area (Å²) in [5, 5.41) is 23.1. The van der Waals surface area contributed by atoms with Gasteiger partial charge in [-0.3, -0.25) is 10.1 Å². The highest BCUT2D eigenvalue weighted by Gasteiger charge is 2.15. The summed E-state index contributed by atoms with van der Waals surface area (Å²) in [5.74, 6) is 0.125. The number of hydrogen-bond acceptors (Lipinski definition) is 4. The van der Waals surface area contributed by atoms with E-state index in [0.717, 1.165) is 5.56 Å². The number of anilines is 1. The lowest BCUT2D eigenvalue weighted by Gasteiger charge is -2.14. The molecule has 94 valence electrons. The maximum absolute atomic E-state index is 10.8. The lowest BCUT2D eigenvalue weighted by Crippen LogP contribution is -2.21. The van der Waals surface area contributed by atoms with Crippen LogP contribution in [0.3, 0.4) is 0 Å². The van der Waals surface area contributed by atoms with Gasteiger partial charge in [-0.25, -0.2) is 0 Å². The van der Waals surface area contributed by atoms with Crippen molar-refractivity contribution in [1.82, 2.24) is 0 Å². The second-order valence-electron chi connectivity index (χ2n) is 3.85. The van der Waals surface area contributed by atoms with E-state index in [1.54, 1.807) is 13.0 Å². The fraction of sp³-hybridized carbons (Fsp3) is 0.455. The lowest BCUT2D eigenvalue weighted by atomic mass is 10.1. The van der Waals surface area contributed by atoms with Crippen LogP contribution in [0.4, 0.5) is 11.4 Å². The van der Waals surface area contributed by atoms with Crippen LogP contribution in [0.5, 0.6) is 0 Å².